The molecule has 7 nitrogen and oxygen atoms in total. The molecular weight excluding hydrogens is 456 g/mol. The molecule has 1 aromatic carbocycles. The summed E-state index contributed by atoms with van der Waals surface area (Å²) in [5.74, 6) is 1.57. The summed E-state index contributed by atoms with van der Waals surface area (Å²) >= 11 is 2.78. The maximum Gasteiger partial charge on any atom is 0.224 e. The van der Waals surface area contributed by atoms with E-state index in [1.807, 2.05) is 43.3 Å². The largest absolute Gasteiger partial charge is 0.497 e. The van der Waals surface area contributed by atoms with Crippen molar-refractivity contribution >= 4 is 45.7 Å². The molecule has 1 amide bonds. The molecule has 33 heavy (non-hydrogen) atoms. The van der Waals surface area contributed by atoms with Gasteiger partial charge in [0.2, 0.25) is 5.91 Å². The lowest BCUT2D eigenvalue weighted by Gasteiger charge is -2.08. The smallest absolute Gasteiger partial charge is 0.224 e. The third kappa shape index (κ3) is 5.94. The van der Waals surface area contributed by atoms with Crippen molar-refractivity contribution in [1.82, 2.24) is 20.3 Å². The van der Waals surface area contributed by atoms with Gasteiger partial charge in [-0.2, -0.15) is 0 Å². The van der Waals surface area contributed by atoms with E-state index in [4.69, 9.17) is 4.74 Å². The van der Waals surface area contributed by atoms with Gasteiger partial charge < -0.3 is 10.1 Å². The Morgan fingerprint density at radius 2 is 2.03 bits per heavy atom. The molecule has 0 spiro atoms. The number of benzene rings is 1. The van der Waals surface area contributed by atoms with Crippen LogP contribution < -0.4 is 10.1 Å². The van der Waals surface area contributed by atoms with Gasteiger partial charge in [-0.05, 0) is 48.9 Å². The molecule has 0 radical (unpaired) electrons. The molecule has 3 aromatic heterocycles. The van der Waals surface area contributed by atoms with Crippen LogP contribution in [0.5, 0.6) is 5.75 Å². The molecule has 4 rings (SSSR count). The molecular formula is C24H22N4O3S2. The van der Waals surface area contributed by atoms with Crippen LogP contribution >= 0.6 is 23.1 Å². The average Bonchev–Trinajstić information content (AvgIpc) is 3.30. The topological polar surface area (TPSA) is 94.1 Å². The fraction of sp³-hybridized carbons (Fsp3) is 0.208. The Labute approximate surface area is 199 Å². The second-order valence-corrected chi connectivity index (χ2v) is 9.38. The lowest BCUT2D eigenvalue weighted by atomic mass is 10.2. The van der Waals surface area contributed by atoms with Gasteiger partial charge >= 0.3 is 0 Å². The number of nitrogens with one attached hydrogen (secondary N) is 1. The number of aromatic nitrogens is 3. The number of hydrogen-bond acceptors (Lipinski definition) is 8. The fourth-order valence-electron chi connectivity index (χ4n) is 3.19. The monoisotopic (exact) mass is 478 g/mol. The maximum atomic E-state index is 12.8. The van der Waals surface area contributed by atoms with Crippen molar-refractivity contribution in [2.45, 2.75) is 24.9 Å². The quantitative estimate of drug-likeness (QED) is 0.218. The van der Waals surface area contributed by atoms with Gasteiger partial charge in [-0.15, -0.1) is 11.3 Å². The molecule has 0 saturated carbocycles. The number of aryl methyl sites for hydroxylation is 1. The van der Waals surface area contributed by atoms with Crippen LogP contribution in [0.15, 0.2) is 59.9 Å². The van der Waals surface area contributed by atoms with Crippen LogP contribution in [0.25, 0.3) is 10.9 Å². The van der Waals surface area contributed by atoms with Crippen molar-refractivity contribution in [3.63, 3.8) is 0 Å². The molecule has 1 N–H and O–H groups in total. The fourth-order valence-corrected chi connectivity index (χ4v) is 5.11. The van der Waals surface area contributed by atoms with Crippen molar-refractivity contribution in [2.24, 2.45) is 0 Å². The van der Waals surface area contributed by atoms with Crippen LogP contribution in [0.4, 0.5) is 0 Å². The molecule has 0 aliphatic heterocycles. The number of thioether (sulfide) groups is 1. The molecule has 0 bridgehead atoms. The number of amides is 1. The first-order valence-electron chi connectivity index (χ1n) is 10.2. The van der Waals surface area contributed by atoms with Gasteiger partial charge in [0, 0.05) is 22.7 Å². The Kier molecular flexibility index (Phi) is 7.31. The molecule has 168 valence electrons. The van der Waals surface area contributed by atoms with Crippen molar-refractivity contribution in [1.29, 1.82) is 0 Å². The number of ketones is 1. The summed E-state index contributed by atoms with van der Waals surface area (Å²) in [7, 11) is 1.61. The predicted octanol–water partition coefficient (Wildman–Crippen LogP) is 4.24. The lowest BCUT2D eigenvalue weighted by Crippen LogP contribution is -2.24. The first-order chi connectivity index (χ1) is 16.0. The van der Waals surface area contributed by atoms with Crippen LogP contribution in [0.3, 0.4) is 0 Å². The summed E-state index contributed by atoms with van der Waals surface area (Å²) in [4.78, 5) is 39.5. The third-order valence-electron chi connectivity index (χ3n) is 4.80. The van der Waals surface area contributed by atoms with Crippen LogP contribution in [-0.4, -0.2) is 39.5 Å². The first kappa shape index (κ1) is 22.9. The number of methoxy groups -OCH3 is 1. The van der Waals surface area contributed by atoms with Gasteiger partial charge in [-0.25, -0.2) is 9.97 Å². The summed E-state index contributed by atoms with van der Waals surface area (Å²) in [5, 5.41) is 4.51. The summed E-state index contributed by atoms with van der Waals surface area (Å²) in [5.41, 5.74) is 1.68. The Bertz CT molecular complexity index is 1290. The molecule has 4 aromatic rings. The van der Waals surface area contributed by atoms with E-state index in [9.17, 15) is 9.59 Å². The number of rotatable bonds is 9. The number of ether oxygens (including phenoxy) is 1. The van der Waals surface area contributed by atoms with Crippen molar-refractivity contribution < 1.29 is 14.3 Å². The zero-order valence-electron chi connectivity index (χ0n) is 18.2. The average molecular weight is 479 g/mol. The Morgan fingerprint density at radius 3 is 2.82 bits per heavy atom. The highest BCUT2D eigenvalue weighted by Gasteiger charge is 2.14. The van der Waals surface area contributed by atoms with E-state index in [0.717, 1.165) is 32.1 Å². The van der Waals surface area contributed by atoms with E-state index in [0.29, 0.717) is 17.2 Å². The highest BCUT2D eigenvalue weighted by molar-refractivity contribution is 8.00. The minimum absolute atomic E-state index is 0.0187. The zero-order chi connectivity index (χ0) is 23.2. The van der Waals surface area contributed by atoms with E-state index in [-0.39, 0.29) is 23.9 Å². The Balaban J connectivity index is 1.36. The number of pyridine rings is 1. The SMILES string of the molecule is COc1ccc2nc(C)nc(SCC(=O)c3ccc(CNC(=O)Cc4cccnc4)s3)c2c1. The zero-order valence-corrected chi connectivity index (χ0v) is 19.8. The maximum absolute atomic E-state index is 12.8. The second-order valence-electron chi connectivity index (χ2n) is 7.25. The highest BCUT2D eigenvalue weighted by Crippen LogP contribution is 2.29. The number of fused-ring (bicyclic) bond motifs is 1. The van der Waals surface area contributed by atoms with Gasteiger partial charge in [-0.1, -0.05) is 17.8 Å². The van der Waals surface area contributed by atoms with E-state index in [1.165, 1.54) is 23.1 Å². The van der Waals surface area contributed by atoms with Gasteiger partial charge in [0.05, 0.1) is 36.2 Å². The number of hydrogen-bond donors (Lipinski definition) is 1. The third-order valence-corrected chi connectivity index (χ3v) is 6.92. The van der Waals surface area contributed by atoms with E-state index >= 15 is 0 Å². The van der Waals surface area contributed by atoms with Crippen molar-refractivity contribution in [2.75, 3.05) is 12.9 Å². The second kappa shape index (κ2) is 10.5. The molecule has 0 aliphatic rings. The summed E-state index contributed by atoms with van der Waals surface area (Å²) in [6.07, 6.45) is 3.63. The molecule has 0 atom stereocenters. The van der Waals surface area contributed by atoms with E-state index in [2.05, 4.69) is 20.3 Å². The summed E-state index contributed by atoms with van der Waals surface area (Å²) in [6, 6.07) is 13.0. The standard InChI is InChI=1S/C24H22N4O3S2/c1-15-27-20-7-5-17(31-2)11-19(20)24(28-15)32-14-21(29)22-8-6-18(33-22)13-26-23(30)10-16-4-3-9-25-12-16/h3-9,11-12H,10,13-14H2,1-2H3,(H,26,30). The predicted molar refractivity (Wildman–Crippen MR) is 130 cm³/mol. The van der Waals surface area contributed by atoms with Gasteiger partial charge in [-0.3, -0.25) is 14.6 Å². The Morgan fingerprint density at radius 1 is 1.15 bits per heavy atom. The highest BCUT2D eigenvalue weighted by atomic mass is 32.2. The summed E-state index contributed by atoms with van der Waals surface area (Å²) < 4.78 is 5.32. The molecule has 0 aliphatic carbocycles. The minimum atomic E-state index is -0.0822. The molecule has 9 heteroatoms. The number of thiophene rings is 1. The van der Waals surface area contributed by atoms with E-state index in [1.54, 1.807) is 25.6 Å². The first-order valence-corrected chi connectivity index (χ1v) is 12.0. The minimum Gasteiger partial charge on any atom is -0.497 e. The van der Waals surface area contributed by atoms with Gasteiger partial charge in [0.25, 0.3) is 0 Å². The van der Waals surface area contributed by atoms with Crippen LogP contribution in [-0.2, 0) is 17.8 Å². The number of carbonyl (C=O) groups is 2. The van der Waals surface area contributed by atoms with E-state index < -0.39 is 0 Å². The molecule has 0 fully saturated rings. The van der Waals surface area contributed by atoms with Crippen molar-refractivity contribution in [3.05, 3.63) is 76.0 Å². The summed E-state index contributed by atoms with van der Waals surface area (Å²) in [6.45, 7) is 2.23. The Hall–Kier alpha value is -3.30. The molecule has 0 unspecified atom stereocenters. The number of Topliss-reactive ketones (excluding diaryl/α,β-unsaturated/α-hetero) is 1. The molecule has 3 heterocycles. The normalized spacial score (nSPS) is 10.8. The molecule has 0 saturated heterocycles. The van der Waals surface area contributed by atoms with Gasteiger partial charge in [0.1, 0.15) is 16.6 Å². The number of nitrogens with zero attached hydrogens (tertiary/aromatic N) is 3. The van der Waals surface area contributed by atoms with Gasteiger partial charge in [0.15, 0.2) is 5.78 Å². The van der Waals surface area contributed by atoms with Crippen LogP contribution in [0.1, 0.15) is 25.9 Å². The lowest BCUT2D eigenvalue weighted by molar-refractivity contribution is -0.120. The van der Waals surface area contributed by atoms with Crippen LogP contribution in [0, 0.1) is 6.92 Å². The van der Waals surface area contributed by atoms with Crippen molar-refractivity contribution in [3.8, 4) is 5.75 Å². The van der Waals surface area contributed by atoms with Crippen LogP contribution in [0.2, 0.25) is 0 Å². The number of carbonyl (C=O) groups excluding carboxylic acids is 2.